The molecule has 5 N–H and O–H groups in total. The SMILES string of the molecule is Nc1ncccc1CCCN[C@@H]1CCn2c(=O)[nH]c3cccc(c32)[C@H]1O. The van der Waals surface area contributed by atoms with Gasteiger partial charge < -0.3 is 21.1 Å². The molecule has 7 nitrogen and oxygen atoms in total. The largest absolute Gasteiger partial charge is 0.387 e. The lowest BCUT2D eigenvalue weighted by atomic mass is 9.99. The number of aromatic amines is 1. The highest BCUT2D eigenvalue weighted by Gasteiger charge is 2.27. The van der Waals surface area contributed by atoms with Crippen LogP contribution in [0, 0.1) is 0 Å². The minimum Gasteiger partial charge on any atom is -0.387 e. The average molecular weight is 353 g/mol. The van der Waals surface area contributed by atoms with Crippen LogP contribution in [0.4, 0.5) is 5.82 Å². The number of rotatable bonds is 5. The van der Waals surface area contributed by atoms with E-state index in [4.69, 9.17) is 5.73 Å². The number of aliphatic hydroxyl groups excluding tert-OH is 1. The maximum absolute atomic E-state index is 12.2. The van der Waals surface area contributed by atoms with Gasteiger partial charge in [-0.1, -0.05) is 18.2 Å². The number of hydrogen-bond donors (Lipinski definition) is 4. The van der Waals surface area contributed by atoms with Gasteiger partial charge in [0, 0.05) is 24.3 Å². The Balaban J connectivity index is 1.44. The van der Waals surface area contributed by atoms with Gasteiger partial charge in [0.1, 0.15) is 5.82 Å². The van der Waals surface area contributed by atoms with Crippen LogP contribution in [-0.4, -0.2) is 32.2 Å². The van der Waals surface area contributed by atoms with Crippen molar-refractivity contribution in [2.45, 2.75) is 38.0 Å². The first kappa shape index (κ1) is 16.8. The molecule has 2 atom stereocenters. The number of nitrogens with one attached hydrogen (secondary N) is 2. The van der Waals surface area contributed by atoms with Crippen molar-refractivity contribution in [1.29, 1.82) is 0 Å². The van der Waals surface area contributed by atoms with Crippen LogP contribution in [0.5, 0.6) is 0 Å². The zero-order valence-corrected chi connectivity index (χ0v) is 14.5. The van der Waals surface area contributed by atoms with E-state index in [1.54, 1.807) is 10.8 Å². The molecule has 0 unspecified atom stereocenters. The normalized spacial score (nSPS) is 19.6. The number of pyridine rings is 1. The van der Waals surface area contributed by atoms with Gasteiger partial charge >= 0.3 is 5.69 Å². The van der Waals surface area contributed by atoms with Gasteiger partial charge in [0.2, 0.25) is 0 Å². The smallest absolute Gasteiger partial charge is 0.326 e. The Kier molecular flexibility index (Phi) is 4.48. The summed E-state index contributed by atoms with van der Waals surface area (Å²) in [4.78, 5) is 19.1. The molecule has 0 aliphatic carbocycles. The summed E-state index contributed by atoms with van der Waals surface area (Å²) < 4.78 is 1.73. The third kappa shape index (κ3) is 3.00. The summed E-state index contributed by atoms with van der Waals surface area (Å²) in [6.45, 7) is 1.34. The van der Waals surface area contributed by atoms with Crippen molar-refractivity contribution in [1.82, 2.24) is 19.9 Å². The molecule has 0 radical (unpaired) electrons. The van der Waals surface area contributed by atoms with Crippen LogP contribution in [0.25, 0.3) is 11.0 Å². The lowest BCUT2D eigenvalue weighted by Gasteiger charge is -2.22. The van der Waals surface area contributed by atoms with Crippen molar-refractivity contribution in [2.24, 2.45) is 0 Å². The number of nitrogens with two attached hydrogens (primary N) is 1. The molecule has 0 saturated carbocycles. The van der Waals surface area contributed by atoms with Crippen LogP contribution < -0.4 is 16.7 Å². The Labute approximate surface area is 150 Å². The van der Waals surface area contributed by atoms with Gasteiger partial charge in [-0.2, -0.15) is 0 Å². The second-order valence-electron chi connectivity index (χ2n) is 6.77. The third-order valence-electron chi connectivity index (χ3n) is 5.14. The van der Waals surface area contributed by atoms with Gasteiger partial charge in [-0.3, -0.25) is 4.57 Å². The molecule has 0 amide bonds. The van der Waals surface area contributed by atoms with Crippen molar-refractivity contribution < 1.29 is 5.11 Å². The number of imidazole rings is 1. The molecule has 4 rings (SSSR count). The molecule has 1 aromatic carbocycles. The summed E-state index contributed by atoms with van der Waals surface area (Å²) in [5, 5.41) is 14.3. The van der Waals surface area contributed by atoms with E-state index in [2.05, 4.69) is 15.3 Å². The second-order valence-corrected chi connectivity index (χ2v) is 6.77. The van der Waals surface area contributed by atoms with E-state index >= 15 is 0 Å². The molecular weight excluding hydrogens is 330 g/mol. The molecule has 3 aromatic rings. The van der Waals surface area contributed by atoms with Crippen LogP contribution in [0.3, 0.4) is 0 Å². The number of hydrogen-bond acceptors (Lipinski definition) is 5. The number of aromatic nitrogens is 3. The lowest BCUT2D eigenvalue weighted by molar-refractivity contribution is 0.125. The Morgan fingerprint density at radius 2 is 2.23 bits per heavy atom. The fraction of sp³-hybridized carbons (Fsp3) is 0.368. The average Bonchev–Trinajstić information content (AvgIpc) is 2.89. The fourth-order valence-corrected chi connectivity index (χ4v) is 3.78. The molecule has 1 aliphatic rings. The molecule has 26 heavy (non-hydrogen) atoms. The zero-order chi connectivity index (χ0) is 18.1. The van der Waals surface area contributed by atoms with Crippen LogP contribution in [0.1, 0.15) is 30.1 Å². The summed E-state index contributed by atoms with van der Waals surface area (Å²) in [5.74, 6) is 0.576. The number of nitrogens with zero attached hydrogens (tertiary/aromatic N) is 2. The molecule has 3 heterocycles. The van der Waals surface area contributed by atoms with E-state index in [9.17, 15) is 9.90 Å². The zero-order valence-electron chi connectivity index (χ0n) is 14.5. The third-order valence-corrected chi connectivity index (χ3v) is 5.14. The number of H-pyrrole nitrogens is 1. The molecule has 1 aliphatic heterocycles. The summed E-state index contributed by atoms with van der Waals surface area (Å²) >= 11 is 0. The molecule has 0 fully saturated rings. The fourth-order valence-electron chi connectivity index (χ4n) is 3.78. The van der Waals surface area contributed by atoms with Crippen molar-refractivity contribution in [2.75, 3.05) is 12.3 Å². The molecular formula is C19H23N5O2. The Morgan fingerprint density at radius 3 is 3.08 bits per heavy atom. The Hall–Kier alpha value is -2.64. The van der Waals surface area contributed by atoms with Gasteiger partial charge in [0.05, 0.1) is 17.1 Å². The summed E-state index contributed by atoms with van der Waals surface area (Å²) in [6.07, 6.45) is 3.47. The Bertz CT molecular complexity index is 977. The maximum Gasteiger partial charge on any atom is 0.326 e. The van der Waals surface area contributed by atoms with Gasteiger partial charge in [0.15, 0.2) is 0 Å². The van der Waals surface area contributed by atoms with Crippen LogP contribution in [-0.2, 0) is 13.0 Å². The van der Waals surface area contributed by atoms with E-state index in [0.29, 0.717) is 18.8 Å². The first-order chi connectivity index (χ1) is 12.6. The molecule has 2 aromatic heterocycles. The summed E-state index contributed by atoms with van der Waals surface area (Å²) in [5.41, 5.74) is 9.19. The van der Waals surface area contributed by atoms with Gasteiger partial charge in [-0.25, -0.2) is 9.78 Å². The molecule has 0 saturated heterocycles. The van der Waals surface area contributed by atoms with E-state index in [0.717, 1.165) is 41.5 Å². The quantitative estimate of drug-likeness (QED) is 0.518. The van der Waals surface area contributed by atoms with Gasteiger partial charge in [-0.05, 0) is 43.5 Å². The first-order valence-corrected chi connectivity index (χ1v) is 8.97. The van der Waals surface area contributed by atoms with Crippen molar-refractivity contribution in [3.05, 3.63) is 58.1 Å². The molecule has 0 spiro atoms. The lowest BCUT2D eigenvalue weighted by Crippen LogP contribution is -2.36. The second kappa shape index (κ2) is 6.93. The van der Waals surface area contributed by atoms with E-state index in [1.165, 1.54) is 0 Å². The summed E-state index contributed by atoms with van der Waals surface area (Å²) in [6, 6.07) is 9.42. The first-order valence-electron chi connectivity index (χ1n) is 8.97. The van der Waals surface area contributed by atoms with Gasteiger partial charge in [-0.15, -0.1) is 0 Å². The van der Waals surface area contributed by atoms with Crippen LogP contribution in [0.15, 0.2) is 41.3 Å². The van der Waals surface area contributed by atoms with E-state index in [1.807, 2.05) is 30.3 Å². The minimum atomic E-state index is -0.647. The number of anilines is 1. The number of para-hydroxylation sites is 1. The van der Waals surface area contributed by atoms with Crippen molar-refractivity contribution in [3.63, 3.8) is 0 Å². The number of aryl methyl sites for hydroxylation is 2. The number of nitrogen functional groups attached to an aromatic ring is 1. The number of benzene rings is 1. The van der Waals surface area contributed by atoms with E-state index in [-0.39, 0.29) is 11.7 Å². The highest BCUT2D eigenvalue weighted by Crippen LogP contribution is 2.29. The predicted molar refractivity (Wildman–Crippen MR) is 101 cm³/mol. The highest BCUT2D eigenvalue weighted by atomic mass is 16.3. The standard InChI is InChI=1S/C19H23N5O2/c20-18-12(5-3-10-22-18)4-2-9-21-15-8-11-24-16-13(17(15)25)6-1-7-14(16)23-19(24)26/h1,3,5-7,10,15,17,21,25H,2,4,8-9,11H2,(H2,20,22)(H,23,26)/t15-,17-/m1/s1. The van der Waals surface area contributed by atoms with E-state index < -0.39 is 6.10 Å². The Morgan fingerprint density at radius 1 is 1.35 bits per heavy atom. The highest BCUT2D eigenvalue weighted by molar-refractivity contribution is 5.79. The number of aliphatic hydroxyl groups is 1. The van der Waals surface area contributed by atoms with Crippen LogP contribution >= 0.6 is 0 Å². The predicted octanol–water partition coefficient (Wildman–Crippen LogP) is 1.33. The van der Waals surface area contributed by atoms with Crippen molar-refractivity contribution in [3.8, 4) is 0 Å². The van der Waals surface area contributed by atoms with Gasteiger partial charge in [0.25, 0.3) is 0 Å². The molecule has 0 bridgehead atoms. The van der Waals surface area contributed by atoms with Crippen molar-refractivity contribution >= 4 is 16.9 Å². The monoisotopic (exact) mass is 353 g/mol. The van der Waals surface area contributed by atoms with Crippen LogP contribution in [0.2, 0.25) is 0 Å². The minimum absolute atomic E-state index is 0.0915. The molecule has 7 heteroatoms. The topological polar surface area (TPSA) is 109 Å². The maximum atomic E-state index is 12.2. The molecule has 136 valence electrons. The summed E-state index contributed by atoms with van der Waals surface area (Å²) in [7, 11) is 0.